The first-order valence-corrected chi connectivity index (χ1v) is 8.86. The summed E-state index contributed by atoms with van der Waals surface area (Å²) in [6.45, 7) is 4.53. The second kappa shape index (κ2) is 18.2. The van der Waals surface area contributed by atoms with Gasteiger partial charge in [-0.3, -0.25) is 0 Å². The zero-order valence-corrected chi connectivity index (χ0v) is 13.9. The molecule has 0 unspecified atom stereocenters. The van der Waals surface area contributed by atoms with Crippen molar-refractivity contribution >= 4 is 0 Å². The Morgan fingerprint density at radius 1 is 0.450 bits per heavy atom. The van der Waals surface area contributed by atoms with Gasteiger partial charge >= 0.3 is 0 Å². The lowest BCUT2D eigenvalue weighted by atomic mass is 10.1. The van der Waals surface area contributed by atoms with Gasteiger partial charge in [-0.2, -0.15) is 0 Å². The van der Waals surface area contributed by atoms with Gasteiger partial charge in [0, 0.05) is 0 Å². The average molecular weight is 277 g/mol. The predicted octanol–water partition coefficient (Wildman–Crippen LogP) is 7.38. The first kappa shape index (κ1) is 19.2. The van der Waals surface area contributed by atoms with Crippen molar-refractivity contribution < 1.29 is 0 Å². The Kier molecular flexibility index (Phi) is 17.5. The van der Waals surface area contributed by atoms with Gasteiger partial charge in [0.05, 0.1) is 0 Å². The molecule has 0 saturated heterocycles. The fourth-order valence-electron chi connectivity index (χ4n) is 2.16. The van der Waals surface area contributed by atoms with Crippen LogP contribution < -0.4 is 0 Å². The molecule has 116 valence electrons. The minimum atomic E-state index is 1.09. The van der Waals surface area contributed by atoms with E-state index in [9.17, 15) is 0 Å². The molecule has 0 rings (SSSR count). The van der Waals surface area contributed by atoms with Crippen LogP contribution in [-0.2, 0) is 0 Å². The second-order valence-electron chi connectivity index (χ2n) is 5.58. The highest BCUT2D eigenvalue weighted by atomic mass is 13.9. The summed E-state index contributed by atoms with van der Waals surface area (Å²) < 4.78 is 0. The molecule has 0 saturated carbocycles. The second-order valence-corrected chi connectivity index (χ2v) is 5.58. The monoisotopic (exact) mass is 276 g/mol. The summed E-state index contributed by atoms with van der Waals surface area (Å²) >= 11 is 0. The molecule has 0 aliphatic carbocycles. The molecular weight excluding hydrogens is 240 g/mol. The van der Waals surface area contributed by atoms with E-state index >= 15 is 0 Å². The van der Waals surface area contributed by atoms with Crippen molar-refractivity contribution in [1.82, 2.24) is 0 Å². The summed E-state index contributed by atoms with van der Waals surface area (Å²) in [7, 11) is 0. The lowest BCUT2D eigenvalue weighted by molar-refractivity contribution is 0.637. The van der Waals surface area contributed by atoms with E-state index in [-0.39, 0.29) is 0 Å². The maximum atomic E-state index is 2.34. The number of unbranched alkanes of at least 4 members (excludes halogenated alkanes) is 8. The van der Waals surface area contributed by atoms with E-state index in [0.29, 0.717) is 0 Å². The van der Waals surface area contributed by atoms with Crippen molar-refractivity contribution in [2.45, 2.75) is 90.9 Å². The van der Waals surface area contributed by atoms with Crippen molar-refractivity contribution in [1.29, 1.82) is 0 Å². The van der Waals surface area contributed by atoms with Gasteiger partial charge in [-0.05, 0) is 38.5 Å². The normalized spacial score (nSPS) is 12.3. The van der Waals surface area contributed by atoms with Crippen LogP contribution >= 0.6 is 0 Å². The Hall–Kier alpha value is -0.780. The van der Waals surface area contributed by atoms with Gasteiger partial charge in [0.15, 0.2) is 0 Å². The molecule has 0 heterocycles. The highest BCUT2D eigenvalue weighted by Crippen LogP contribution is 2.05. The minimum absolute atomic E-state index is 1.09. The van der Waals surface area contributed by atoms with Crippen LogP contribution in [0.5, 0.6) is 0 Å². The number of hydrogen-bond acceptors (Lipinski definition) is 0. The molecule has 0 heteroatoms. The van der Waals surface area contributed by atoms with E-state index < -0.39 is 0 Å². The lowest BCUT2D eigenvalue weighted by Gasteiger charge is -1.95. The van der Waals surface area contributed by atoms with E-state index in [4.69, 9.17) is 0 Å². The van der Waals surface area contributed by atoms with Crippen molar-refractivity contribution in [3.05, 3.63) is 36.5 Å². The third-order valence-corrected chi connectivity index (χ3v) is 3.49. The van der Waals surface area contributed by atoms with Crippen LogP contribution in [0.1, 0.15) is 90.9 Å². The molecular formula is C20H36. The van der Waals surface area contributed by atoms with Crippen molar-refractivity contribution in [2.24, 2.45) is 0 Å². The average Bonchev–Trinajstić information content (AvgIpc) is 2.47. The Bertz CT molecular complexity index is 245. The van der Waals surface area contributed by atoms with Crippen LogP contribution in [-0.4, -0.2) is 0 Å². The van der Waals surface area contributed by atoms with Crippen molar-refractivity contribution in [2.75, 3.05) is 0 Å². The zero-order valence-electron chi connectivity index (χ0n) is 13.9. The zero-order chi connectivity index (χ0) is 14.7. The minimum Gasteiger partial charge on any atom is -0.0882 e. The van der Waals surface area contributed by atoms with Gasteiger partial charge in [-0.25, -0.2) is 0 Å². The molecule has 0 amide bonds. The van der Waals surface area contributed by atoms with Crippen LogP contribution in [0.4, 0.5) is 0 Å². The summed E-state index contributed by atoms with van der Waals surface area (Å²) in [5.74, 6) is 0. The Balaban J connectivity index is 3.25. The number of rotatable bonds is 14. The molecule has 0 spiro atoms. The maximum absolute atomic E-state index is 2.34. The highest BCUT2D eigenvalue weighted by molar-refractivity contribution is 4.97. The summed E-state index contributed by atoms with van der Waals surface area (Å²) in [4.78, 5) is 0. The standard InChI is InChI=1S/C20H36/c1-3-5-7-9-11-13-15-17-19-20-18-16-14-12-10-8-6-4-2/h11,13,16-19H,3-10,12,14-15,20H2,1-2H3/b13-11?,18-16-,19-17?. The molecule has 0 fully saturated rings. The first-order valence-electron chi connectivity index (χ1n) is 8.86. The molecule has 0 aromatic rings. The van der Waals surface area contributed by atoms with Crippen LogP contribution in [0.2, 0.25) is 0 Å². The Morgan fingerprint density at radius 2 is 0.850 bits per heavy atom. The van der Waals surface area contributed by atoms with Crippen molar-refractivity contribution in [3.8, 4) is 0 Å². The van der Waals surface area contributed by atoms with E-state index in [0.717, 1.165) is 12.8 Å². The Morgan fingerprint density at radius 3 is 1.40 bits per heavy atom. The SMILES string of the molecule is CCCCCC=CCC=CC/C=C\CCCCCCC. The molecule has 20 heavy (non-hydrogen) atoms. The first-order chi connectivity index (χ1) is 9.91. The van der Waals surface area contributed by atoms with Crippen LogP contribution in [0.25, 0.3) is 0 Å². The van der Waals surface area contributed by atoms with Gasteiger partial charge in [0.1, 0.15) is 0 Å². The molecule has 0 aliphatic rings. The highest BCUT2D eigenvalue weighted by Gasteiger charge is 1.85. The molecule has 0 aliphatic heterocycles. The van der Waals surface area contributed by atoms with Crippen LogP contribution in [0.15, 0.2) is 36.5 Å². The summed E-state index contributed by atoms with van der Waals surface area (Å²) in [5, 5.41) is 0. The summed E-state index contributed by atoms with van der Waals surface area (Å²) in [5.41, 5.74) is 0. The molecule has 0 radical (unpaired) electrons. The van der Waals surface area contributed by atoms with Crippen LogP contribution in [0, 0.1) is 0 Å². The largest absolute Gasteiger partial charge is 0.0882 e. The lowest BCUT2D eigenvalue weighted by Crippen LogP contribution is -1.75. The number of allylic oxidation sites excluding steroid dienone is 6. The predicted molar refractivity (Wildman–Crippen MR) is 94.2 cm³/mol. The molecule has 0 N–H and O–H groups in total. The van der Waals surface area contributed by atoms with E-state index in [2.05, 4.69) is 50.3 Å². The van der Waals surface area contributed by atoms with E-state index in [1.807, 2.05) is 0 Å². The van der Waals surface area contributed by atoms with Gasteiger partial charge in [0.25, 0.3) is 0 Å². The Labute approximate surface area is 128 Å². The van der Waals surface area contributed by atoms with E-state index in [1.165, 1.54) is 64.2 Å². The smallest absolute Gasteiger partial charge is 0.0169 e. The molecule has 0 aromatic heterocycles. The quantitative estimate of drug-likeness (QED) is 0.229. The maximum Gasteiger partial charge on any atom is -0.0169 e. The van der Waals surface area contributed by atoms with Crippen LogP contribution in [0.3, 0.4) is 0 Å². The molecule has 0 bridgehead atoms. The molecule has 0 nitrogen and oxygen atoms in total. The molecule has 0 atom stereocenters. The third kappa shape index (κ3) is 17.2. The fraction of sp³-hybridized carbons (Fsp3) is 0.700. The van der Waals surface area contributed by atoms with Gasteiger partial charge < -0.3 is 0 Å². The summed E-state index contributed by atoms with van der Waals surface area (Å²) in [6, 6.07) is 0. The van der Waals surface area contributed by atoms with Gasteiger partial charge in [-0.1, -0.05) is 88.8 Å². The molecule has 0 aromatic carbocycles. The topological polar surface area (TPSA) is 0 Å². The third-order valence-electron chi connectivity index (χ3n) is 3.49. The van der Waals surface area contributed by atoms with Gasteiger partial charge in [-0.15, -0.1) is 0 Å². The number of hydrogen-bond donors (Lipinski definition) is 0. The van der Waals surface area contributed by atoms with E-state index in [1.54, 1.807) is 0 Å². The van der Waals surface area contributed by atoms with Crippen molar-refractivity contribution in [3.63, 3.8) is 0 Å². The fourth-order valence-corrected chi connectivity index (χ4v) is 2.16. The summed E-state index contributed by atoms with van der Waals surface area (Å²) in [6.07, 6.45) is 29.5. The van der Waals surface area contributed by atoms with Gasteiger partial charge in [0.2, 0.25) is 0 Å².